The first kappa shape index (κ1) is 42.8. The number of furan rings is 1. The van der Waals surface area contributed by atoms with Crippen molar-refractivity contribution in [1.29, 1.82) is 0 Å². The van der Waals surface area contributed by atoms with Crippen molar-refractivity contribution in [3.63, 3.8) is 0 Å². The minimum absolute atomic E-state index is 0.0320. The smallest absolute Gasteiger partial charge is 0.297 e. The predicted molar refractivity (Wildman–Crippen MR) is 297 cm³/mol. The highest BCUT2D eigenvalue weighted by Crippen LogP contribution is 2.56. The summed E-state index contributed by atoms with van der Waals surface area (Å²) in [6, 6.07) is 30.0. The monoisotopic (exact) mass is 1010 g/mol. The molecule has 0 N–H and O–H groups in total. The third-order valence-electron chi connectivity index (χ3n) is 18.1. The van der Waals surface area contributed by atoms with Gasteiger partial charge >= 0.3 is 0 Å². The largest absolute Gasteiger partial charge is 0.468 e. The molecule has 67 heavy (non-hydrogen) atoms. The molecular weight excluding hydrogens is 946 g/mol. The Morgan fingerprint density at radius 2 is 1.39 bits per heavy atom. The number of hydrogen-bond donors (Lipinski definition) is 0. The SMILES string of the molecule is Cc1cc2c3c(c1)N(c1cccc4sc5c(c14)C=CCC5)c1cc4c(cc1B3c1oc3cc5c(cc3c1N2c1ccc2c(c1)C(C)(C)CCC2(C)C)C(C)(C)CCC5(C)I)C(C)(C)CCC4C. The molecule has 2 aromatic heterocycles. The summed E-state index contributed by atoms with van der Waals surface area (Å²) in [5, 5.41) is 2.62. The molecule has 340 valence electrons. The second-order valence-electron chi connectivity index (χ2n) is 24.5. The van der Waals surface area contributed by atoms with Gasteiger partial charge in [-0.3, -0.25) is 0 Å². The summed E-state index contributed by atoms with van der Waals surface area (Å²) >= 11 is 4.73. The minimum Gasteiger partial charge on any atom is -0.468 e. The average Bonchev–Trinajstić information content (AvgIpc) is 3.86. The fourth-order valence-corrected chi connectivity index (χ4v) is 15.7. The number of fused-ring (bicyclic) bond motifs is 12. The first-order chi connectivity index (χ1) is 31.7. The van der Waals surface area contributed by atoms with Crippen LogP contribution in [-0.4, -0.2) is 6.71 Å². The van der Waals surface area contributed by atoms with Crippen LogP contribution in [0, 0.1) is 6.92 Å². The fourth-order valence-electron chi connectivity index (χ4n) is 13.8. The van der Waals surface area contributed by atoms with E-state index in [0.29, 0.717) is 5.92 Å². The molecule has 13 rings (SSSR count). The molecule has 0 radical (unpaired) electrons. The Morgan fingerprint density at radius 1 is 0.687 bits per heavy atom. The Hall–Kier alpha value is -4.27. The van der Waals surface area contributed by atoms with E-state index in [0.717, 1.165) is 36.9 Å². The average molecular weight is 1010 g/mol. The lowest BCUT2D eigenvalue weighted by Crippen LogP contribution is -2.61. The van der Waals surface area contributed by atoms with Crippen molar-refractivity contribution in [2.24, 2.45) is 0 Å². The quantitative estimate of drug-likeness (QED) is 0.0977. The molecule has 6 aliphatic rings. The zero-order valence-electron chi connectivity index (χ0n) is 41.5. The van der Waals surface area contributed by atoms with Gasteiger partial charge in [0.15, 0.2) is 0 Å². The maximum Gasteiger partial charge on any atom is 0.297 e. The lowest BCUT2D eigenvalue weighted by molar-refractivity contribution is 0.332. The minimum atomic E-state index is -0.0895. The predicted octanol–water partition coefficient (Wildman–Crippen LogP) is 16.2. The summed E-state index contributed by atoms with van der Waals surface area (Å²) in [5.41, 5.74) is 24.3. The van der Waals surface area contributed by atoms with Gasteiger partial charge in [-0.05, 0) is 203 Å². The number of halogens is 1. The van der Waals surface area contributed by atoms with Crippen LogP contribution in [0.1, 0.15) is 169 Å². The number of thiophene rings is 1. The van der Waals surface area contributed by atoms with Gasteiger partial charge in [-0.1, -0.05) is 115 Å². The van der Waals surface area contributed by atoms with Crippen molar-refractivity contribution in [3.05, 3.63) is 128 Å². The van der Waals surface area contributed by atoms with E-state index in [9.17, 15) is 0 Å². The van der Waals surface area contributed by atoms with E-state index in [4.69, 9.17) is 4.42 Å². The summed E-state index contributed by atoms with van der Waals surface area (Å²) in [5.74, 6) is 0.483. The molecule has 7 aromatic rings. The molecule has 2 atom stereocenters. The molecule has 3 nitrogen and oxygen atoms in total. The Balaban J connectivity index is 1.17. The Labute approximate surface area is 416 Å². The molecule has 0 saturated carbocycles. The Morgan fingerprint density at radius 3 is 2.16 bits per heavy atom. The van der Waals surface area contributed by atoms with Gasteiger partial charge < -0.3 is 14.2 Å². The molecule has 6 heteroatoms. The van der Waals surface area contributed by atoms with Crippen LogP contribution < -0.4 is 26.4 Å². The molecule has 0 fully saturated rings. The number of allylic oxidation sites excluding steroid dienone is 1. The lowest BCUT2D eigenvalue weighted by Gasteiger charge is -2.45. The molecule has 0 saturated heterocycles. The third-order valence-corrected chi connectivity index (χ3v) is 20.4. The van der Waals surface area contributed by atoms with Crippen molar-refractivity contribution in [1.82, 2.24) is 0 Å². The van der Waals surface area contributed by atoms with Crippen LogP contribution in [0.5, 0.6) is 0 Å². The Bertz CT molecular complexity index is 3360. The van der Waals surface area contributed by atoms with Gasteiger partial charge in [-0.15, -0.1) is 11.3 Å². The van der Waals surface area contributed by atoms with Crippen LogP contribution in [0.25, 0.3) is 27.1 Å². The summed E-state index contributed by atoms with van der Waals surface area (Å²) < 4.78 is 9.12. The highest BCUT2D eigenvalue weighted by molar-refractivity contribution is 14.1. The van der Waals surface area contributed by atoms with Crippen LogP contribution in [0.2, 0.25) is 0 Å². The van der Waals surface area contributed by atoms with E-state index in [2.05, 4.69) is 194 Å². The van der Waals surface area contributed by atoms with Gasteiger partial charge in [-0.2, -0.15) is 0 Å². The molecule has 2 unspecified atom stereocenters. The second kappa shape index (κ2) is 14.0. The van der Waals surface area contributed by atoms with Crippen LogP contribution in [0.4, 0.5) is 34.1 Å². The van der Waals surface area contributed by atoms with Crippen LogP contribution in [0.3, 0.4) is 0 Å². The van der Waals surface area contributed by atoms with E-state index in [1.807, 2.05) is 11.3 Å². The molecule has 5 aromatic carbocycles. The molecular formula is C61H64BIN2OS. The number of nitrogens with zero attached hydrogens (tertiary/aromatic N) is 2. The fraction of sp³-hybridized carbons (Fsp3) is 0.410. The van der Waals surface area contributed by atoms with Gasteiger partial charge in [0, 0.05) is 46.5 Å². The lowest BCUT2D eigenvalue weighted by atomic mass is 9.35. The summed E-state index contributed by atoms with van der Waals surface area (Å²) in [6.45, 7) is 26.9. The third kappa shape index (κ3) is 5.99. The van der Waals surface area contributed by atoms with E-state index in [1.54, 1.807) is 0 Å². The molecule has 4 heterocycles. The van der Waals surface area contributed by atoms with Crippen LogP contribution >= 0.6 is 33.9 Å². The molecule has 4 aliphatic carbocycles. The number of anilines is 6. The van der Waals surface area contributed by atoms with Crippen molar-refractivity contribution in [2.45, 2.75) is 159 Å². The maximum atomic E-state index is 7.71. The van der Waals surface area contributed by atoms with Crippen molar-refractivity contribution < 1.29 is 4.42 Å². The van der Waals surface area contributed by atoms with Gasteiger partial charge in [0.25, 0.3) is 6.71 Å². The number of aryl methyl sites for hydroxylation is 2. The molecule has 2 aliphatic heterocycles. The number of rotatable bonds is 2. The first-order valence-electron chi connectivity index (χ1n) is 25.3. The van der Waals surface area contributed by atoms with Gasteiger partial charge in [0.1, 0.15) is 5.58 Å². The van der Waals surface area contributed by atoms with Crippen LogP contribution in [-0.2, 0) is 31.5 Å². The topological polar surface area (TPSA) is 19.6 Å². The van der Waals surface area contributed by atoms with Crippen LogP contribution in [0.15, 0.2) is 83.3 Å². The molecule has 0 bridgehead atoms. The van der Waals surface area contributed by atoms with Crippen molar-refractivity contribution >= 4 is 118 Å². The highest BCUT2D eigenvalue weighted by atomic mass is 127. The summed E-state index contributed by atoms with van der Waals surface area (Å²) in [6.07, 6.45) is 14.1. The zero-order chi connectivity index (χ0) is 46.5. The number of hydrogen-bond acceptors (Lipinski definition) is 4. The van der Waals surface area contributed by atoms with Gasteiger partial charge in [0.2, 0.25) is 0 Å². The van der Waals surface area contributed by atoms with Crippen molar-refractivity contribution in [2.75, 3.05) is 9.80 Å². The van der Waals surface area contributed by atoms with E-state index in [1.165, 1.54) is 136 Å². The first-order valence-corrected chi connectivity index (χ1v) is 27.2. The van der Waals surface area contributed by atoms with E-state index in [-0.39, 0.29) is 31.8 Å². The highest BCUT2D eigenvalue weighted by Gasteiger charge is 2.50. The Kier molecular flexibility index (Phi) is 8.92. The maximum absolute atomic E-state index is 7.71. The van der Waals surface area contributed by atoms with E-state index < -0.39 is 0 Å². The zero-order valence-corrected chi connectivity index (χ0v) is 44.5. The normalized spacial score (nSPS) is 23.3. The van der Waals surface area contributed by atoms with Crippen molar-refractivity contribution in [3.8, 4) is 0 Å². The van der Waals surface area contributed by atoms with Gasteiger partial charge in [0.05, 0.1) is 17.0 Å². The summed E-state index contributed by atoms with van der Waals surface area (Å²) in [4.78, 5) is 6.88. The van der Waals surface area contributed by atoms with Gasteiger partial charge in [-0.25, -0.2) is 0 Å². The van der Waals surface area contributed by atoms with E-state index >= 15 is 0 Å². The summed E-state index contributed by atoms with van der Waals surface area (Å²) in [7, 11) is 0. The standard InChI is InChI=1S/C61H64BIN2OS/c1-34-27-48-54-49(28-34)65(46-16-14-18-52-53(46)37-15-12-13-17-51(37)67-52)47-31-38-35(2)21-22-57(3,4)41(38)32-45(47)62(54)56-55(39-30-43-44(33-50(39)66-56)61(11,63)26-25-60(43,9)10)64(48)36-19-20-40-42(29-36)59(7,8)24-23-58(40,5)6/h12,14-16,18-20,27-33,35H,13,17,21-26H2,1-11H3. The number of benzene rings is 5. The second-order valence-corrected chi connectivity index (χ2v) is 28.0. The number of alkyl halides is 1. The molecule has 0 spiro atoms. The molecule has 0 amide bonds.